The smallest absolute Gasteiger partial charge is 0.226 e. The van der Waals surface area contributed by atoms with Gasteiger partial charge in [0.05, 0.1) is 4.47 Å². The van der Waals surface area contributed by atoms with Gasteiger partial charge in [-0.2, -0.15) is 0 Å². The predicted molar refractivity (Wildman–Crippen MR) is 64.9 cm³/mol. The first kappa shape index (κ1) is 11.6. The molecule has 1 fully saturated rings. The van der Waals surface area contributed by atoms with Crippen molar-refractivity contribution in [3.63, 3.8) is 0 Å². The molecule has 1 aliphatic rings. The molecule has 1 aromatic carbocycles. The average Bonchev–Trinajstić information content (AvgIpc) is 2.47. The Morgan fingerprint density at radius 3 is 2.81 bits per heavy atom. The van der Waals surface area contributed by atoms with Gasteiger partial charge in [-0.25, -0.2) is 4.39 Å². The van der Waals surface area contributed by atoms with Gasteiger partial charge in [-0.05, 0) is 47.0 Å². The van der Waals surface area contributed by atoms with E-state index in [1.54, 1.807) is 17.0 Å². The molecule has 4 heteroatoms. The molecular weight excluding hydrogens is 273 g/mol. The largest absolute Gasteiger partial charge is 0.312 e. The molecule has 0 aromatic heterocycles. The van der Waals surface area contributed by atoms with E-state index in [9.17, 15) is 9.18 Å². The van der Waals surface area contributed by atoms with E-state index >= 15 is 0 Å². The van der Waals surface area contributed by atoms with Crippen LogP contribution in [0.3, 0.4) is 0 Å². The van der Waals surface area contributed by atoms with Gasteiger partial charge in [-0.15, -0.1) is 0 Å². The second-order valence-corrected chi connectivity index (χ2v) is 4.81. The molecule has 1 aliphatic heterocycles. The van der Waals surface area contributed by atoms with Gasteiger partial charge in [-0.1, -0.05) is 6.42 Å². The SMILES string of the molecule is O=C1CCCCCN1c1ccc(Br)c(F)c1. The standard InChI is InChI=1S/C12H13BrFNO/c13-10-6-5-9(8-11(10)14)15-7-3-1-2-4-12(15)16/h5-6,8H,1-4,7H2. The third kappa shape index (κ3) is 2.43. The third-order valence-corrected chi connectivity index (χ3v) is 3.43. The van der Waals surface area contributed by atoms with E-state index in [1.807, 2.05) is 0 Å². The van der Waals surface area contributed by atoms with E-state index in [-0.39, 0.29) is 11.7 Å². The zero-order chi connectivity index (χ0) is 11.5. The van der Waals surface area contributed by atoms with Crippen molar-refractivity contribution >= 4 is 27.5 Å². The van der Waals surface area contributed by atoms with Gasteiger partial charge in [0.25, 0.3) is 0 Å². The first-order chi connectivity index (χ1) is 7.68. The van der Waals surface area contributed by atoms with Gasteiger partial charge in [0.15, 0.2) is 0 Å². The lowest BCUT2D eigenvalue weighted by Gasteiger charge is -2.20. The van der Waals surface area contributed by atoms with Crippen LogP contribution in [0, 0.1) is 5.82 Å². The molecule has 1 aromatic rings. The summed E-state index contributed by atoms with van der Waals surface area (Å²) < 4.78 is 13.8. The highest BCUT2D eigenvalue weighted by atomic mass is 79.9. The lowest BCUT2D eigenvalue weighted by molar-refractivity contribution is -0.118. The van der Waals surface area contributed by atoms with Crippen molar-refractivity contribution in [1.82, 2.24) is 0 Å². The fourth-order valence-corrected chi connectivity index (χ4v) is 2.16. The molecule has 0 aliphatic carbocycles. The molecule has 0 saturated carbocycles. The molecule has 0 N–H and O–H groups in total. The van der Waals surface area contributed by atoms with Crippen molar-refractivity contribution < 1.29 is 9.18 Å². The van der Waals surface area contributed by atoms with Crippen LogP contribution in [-0.4, -0.2) is 12.5 Å². The number of halogens is 2. The van der Waals surface area contributed by atoms with Crippen molar-refractivity contribution in [2.75, 3.05) is 11.4 Å². The van der Waals surface area contributed by atoms with Crippen LogP contribution in [0.15, 0.2) is 22.7 Å². The van der Waals surface area contributed by atoms with Crippen molar-refractivity contribution in [3.8, 4) is 0 Å². The summed E-state index contributed by atoms with van der Waals surface area (Å²) in [6.45, 7) is 0.694. The molecule has 2 rings (SSSR count). The van der Waals surface area contributed by atoms with Gasteiger partial charge in [0.2, 0.25) is 5.91 Å². The highest BCUT2D eigenvalue weighted by Crippen LogP contribution is 2.25. The molecule has 0 bridgehead atoms. The topological polar surface area (TPSA) is 20.3 Å². The number of hydrogen-bond acceptors (Lipinski definition) is 1. The molecule has 1 heterocycles. The molecule has 0 spiro atoms. The molecular formula is C12H13BrFNO. The normalized spacial score (nSPS) is 17.4. The minimum Gasteiger partial charge on any atom is -0.312 e. The number of carbonyl (C=O) groups excluding carboxylic acids is 1. The Morgan fingerprint density at radius 2 is 2.06 bits per heavy atom. The average molecular weight is 286 g/mol. The summed E-state index contributed by atoms with van der Waals surface area (Å²) in [5.41, 5.74) is 0.660. The van der Waals surface area contributed by atoms with E-state index in [1.165, 1.54) is 6.07 Å². The molecule has 16 heavy (non-hydrogen) atoms. The fraction of sp³-hybridized carbons (Fsp3) is 0.417. The highest BCUT2D eigenvalue weighted by Gasteiger charge is 2.18. The molecule has 86 valence electrons. The number of benzene rings is 1. The molecule has 1 amide bonds. The van der Waals surface area contributed by atoms with Gasteiger partial charge >= 0.3 is 0 Å². The summed E-state index contributed by atoms with van der Waals surface area (Å²) in [6, 6.07) is 4.83. The van der Waals surface area contributed by atoms with E-state index in [2.05, 4.69) is 15.9 Å². The zero-order valence-corrected chi connectivity index (χ0v) is 10.5. The minimum absolute atomic E-state index is 0.0965. The number of rotatable bonds is 1. The monoisotopic (exact) mass is 285 g/mol. The number of nitrogens with zero attached hydrogens (tertiary/aromatic N) is 1. The Morgan fingerprint density at radius 1 is 1.25 bits per heavy atom. The second-order valence-electron chi connectivity index (χ2n) is 3.95. The Hall–Kier alpha value is -0.900. The Labute approximate surface area is 103 Å². The summed E-state index contributed by atoms with van der Waals surface area (Å²) in [7, 11) is 0. The van der Waals surface area contributed by atoms with Crippen molar-refractivity contribution in [3.05, 3.63) is 28.5 Å². The number of anilines is 1. The first-order valence-electron chi connectivity index (χ1n) is 5.44. The van der Waals surface area contributed by atoms with E-state index < -0.39 is 0 Å². The van der Waals surface area contributed by atoms with Crippen molar-refractivity contribution in [2.24, 2.45) is 0 Å². The van der Waals surface area contributed by atoms with E-state index in [0.717, 1.165) is 19.3 Å². The Balaban J connectivity index is 2.27. The van der Waals surface area contributed by atoms with Crippen LogP contribution < -0.4 is 4.90 Å². The molecule has 0 atom stereocenters. The maximum absolute atomic E-state index is 13.4. The minimum atomic E-state index is -0.324. The number of amides is 1. The number of hydrogen-bond donors (Lipinski definition) is 0. The first-order valence-corrected chi connectivity index (χ1v) is 6.23. The maximum atomic E-state index is 13.4. The zero-order valence-electron chi connectivity index (χ0n) is 8.88. The fourth-order valence-electron chi connectivity index (χ4n) is 1.91. The van der Waals surface area contributed by atoms with Crippen molar-refractivity contribution in [1.29, 1.82) is 0 Å². The van der Waals surface area contributed by atoms with E-state index in [0.29, 0.717) is 23.1 Å². The molecule has 0 radical (unpaired) electrons. The van der Waals surface area contributed by atoms with Crippen LogP contribution >= 0.6 is 15.9 Å². The summed E-state index contributed by atoms with van der Waals surface area (Å²) >= 11 is 3.11. The van der Waals surface area contributed by atoms with E-state index in [4.69, 9.17) is 0 Å². The summed E-state index contributed by atoms with van der Waals surface area (Å²) in [5, 5.41) is 0. The van der Waals surface area contributed by atoms with Crippen LogP contribution in [0.2, 0.25) is 0 Å². The summed E-state index contributed by atoms with van der Waals surface area (Å²) in [4.78, 5) is 13.5. The second kappa shape index (κ2) is 4.95. The van der Waals surface area contributed by atoms with Crippen LogP contribution in [0.25, 0.3) is 0 Å². The number of carbonyl (C=O) groups is 1. The van der Waals surface area contributed by atoms with Crippen LogP contribution in [0.4, 0.5) is 10.1 Å². The van der Waals surface area contributed by atoms with Crippen molar-refractivity contribution in [2.45, 2.75) is 25.7 Å². The molecule has 0 unspecified atom stereocenters. The third-order valence-electron chi connectivity index (χ3n) is 2.79. The Bertz CT molecular complexity index is 408. The van der Waals surface area contributed by atoms with Gasteiger partial charge in [-0.3, -0.25) is 4.79 Å². The predicted octanol–water partition coefficient (Wildman–Crippen LogP) is 3.50. The lowest BCUT2D eigenvalue weighted by atomic mass is 10.2. The highest BCUT2D eigenvalue weighted by molar-refractivity contribution is 9.10. The Kier molecular flexibility index (Phi) is 3.59. The summed E-state index contributed by atoms with van der Waals surface area (Å²) in [5.74, 6) is -0.228. The quantitative estimate of drug-likeness (QED) is 0.773. The lowest BCUT2D eigenvalue weighted by Crippen LogP contribution is -2.29. The van der Waals surface area contributed by atoms with Gasteiger partial charge in [0.1, 0.15) is 5.82 Å². The molecule has 1 saturated heterocycles. The van der Waals surface area contributed by atoms with Gasteiger partial charge < -0.3 is 4.90 Å². The van der Waals surface area contributed by atoms with Crippen LogP contribution in [-0.2, 0) is 4.79 Å². The van der Waals surface area contributed by atoms with Crippen LogP contribution in [0.5, 0.6) is 0 Å². The maximum Gasteiger partial charge on any atom is 0.226 e. The molecule has 2 nitrogen and oxygen atoms in total. The van der Waals surface area contributed by atoms with Gasteiger partial charge in [0, 0.05) is 18.7 Å². The summed E-state index contributed by atoms with van der Waals surface area (Å²) in [6.07, 6.45) is 3.57. The van der Waals surface area contributed by atoms with Crippen LogP contribution in [0.1, 0.15) is 25.7 Å².